The number of aryl methyl sites for hydroxylation is 1. The van der Waals surface area contributed by atoms with Gasteiger partial charge in [0.1, 0.15) is 5.82 Å². The molecule has 6 nitrogen and oxygen atoms in total. The normalized spacial score (nSPS) is 12.9. The van der Waals surface area contributed by atoms with Crippen LogP contribution in [0.4, 0.5) is 11.6 Å². The molecule has 0 atom stereocenters. The van der Waals surface area contributed by atoms with Crippen molar-refractivity contribution in [1.82, 2.24) is 4.98 Å². The minimum atomic E-state index is -0.266. The lowest BCUT2D eigenvalue weighted by Gasteiger charge is -2.17. The number of nitrogens with zero attached hydrogens (tertiary/aromatic N) is 1. The number of hydrogen-bond acceptors (Lipinski definition) is 4. The number of carbonyl (C=O) groups excluding carboxylic acids is 2. The number of anilines is 2. The van der Waals surface area contributed by atoms with Crippen molar-refractivity contribution in [3.63, 3.8) is 0 Å². The molecule has 0 unspecified atom stereocenters. The fraction of sp³-hybridized carbons (Fsp3) is 0.133. The van der Waals surface area contributed by atoms with E-state index in [2.05, 4.69) is 15.6 Å². The quantitative estimate of drug-likeness (QED) is 0.883. The van der Waals surface area contributed by atoms with Crippen LogP contribution < -0.4 is 15.4 Å². The van der Waals surface area contributed by atoms with Gasteiger partial charge in [0.05, 0.1) is 0 Å². The molecule has 1 aromatic heterocycles. The number of amides is 2. The van der Waals surface area contributed by atoms with E-state index in [4.69, 9.17) is 4.74 Å². The van der Waals surface area contributed by atoms with Gasteiger partial charge in [0.15, 0.2) is 18.2 Å². The Balaban J connectivity index is 1.82. The van der Waals surface area contributed by atoms with Crippen molar-refractivity contribution >= 4 is 23.5 Å². The number of rotatable bonds is 2. The molecular weight excluding hydrogens is 270 g/mol. The maximum absolute atomic E-state index is 12.2. The Kier molecular flexibility index (Phi) is 3.27. The second-order valence-electron chi connectivity index (χ2n) is 4.65. The topological polar surface area (TPSA) is 80.3 Å². The Bertz CT molecular complexity index is 728. The number of hydrogen-bond donors (Lipinski definition) is 2. The third-order valence-corrected chi connectivity index (χ3v) is 3.11. The van der Waals surface area contributed by atoms with Crippen LogP contribution in [0.1, 0.15) is 15.9 Å². The van der Waals surface area contributed by atoms with Crippen LogP contribution in [0.25, 0.3) is 0 Å². The predicted octanol–water partition coefficient (Wildman–Crippen LogP) is 1.97. The molecule has 1 aliphatic heterocycles. The van der Waals surface area contributed by atoms with Crippen LogP contribution in [0.15, 0.2) is 36.4 Å². The number of ether oxygens (including phenoxy) is 1. The summed E-state index contributed by atoms with van der Waals surface area (Å²) in [5, 5.41) is 5.31. The van der Waals surface area contributed by atoms with Crippen molar-refractivity contribution in [3.8, 4) is 5.75 Å². The van der Waals surface area contributed by atoms with E-state index in [1.54, 1.807) is 24.3 Å². The van der Waals surface area contributed by atoms with Gasteiger partial charge in [-0.05, 0) is 30.7 Å². The third kappa shape index (κ3) is 2.69. The molecule has 0 radical (unpaired) electrons. The first-order valence-corrected chi connectivity index (χ1v) is 6.44. The van der Waals surface area contributed by atoms with Gasteiger partial charge in [-0.3, -0.25) is 9.59 Å². The molecule has 3 rings (SSSR count). The molecule has 0 fully saturated rings. The molecule has 0 saturated carbocycles. The van der Waals surface area contributed by atoms with Crippen LogP contribution in [0, 0.1) is 6.92 Å². The van der Waals surface area contributed by atoms with Gasteiger partial charge in [0, 0.05) is 5.56 Å². The van der Waals surface area contributed by atoms with Crippen LogP contribution in [0.3, 0.4) is 0 Å². The maximum atomic E-state index is 12.2. The van der Waals surface area contributed by atoms with Crippen LogP contribution in [-0.4, -0.2) is 23.4 Å². The fourth-order valence-corrected chi connectivity index (χ4v) is 2.04. The summed E-state index contributed by atoms with van der Waals surface area (Å²) in [5.74, 6) is 0.645. The van der Waals surface area contributed by atoms with E-state index in [1.165, 1.54) is 0 Å². The molecule has 1 aromatic carbocycles. The van der Waals surface area contributed by atoms with E-state index in [9.17, 15) is 9.59 Å². The van der Waals surface area contributed by atoms with Crippen molar-refractivity contribution in [2.75, 3.05) is 17.2 Å². The summed E-state index contributed by atoms with van der Waals surface area (Å²) in [6.07, 6.45) is 0. The Labute approximate surface area is 121 Å². The highest BCUT2D eigenvalue weighted by atomic mass is 16.5. The lowest BCUT2D eigenvalue weighted by atomic mass is 10.1. The molecule has 0 saturated heterocycles. The van der Waals surface area contributed by atoms with Crippen molar-refractivity contribution in [2.45, 2.75) is 6.92 Å². The maximum Gasteiger partial charge on any atom is 0.263 e. The molecule has 21 heavy (non-hydrogen) atoms. The van der Waals surface area contributed by atoms with Crippen LogP contribution >= 0.6 is 0 Å². The van der Waals surface area contributed by atoms with E-state index >= 15 is 0 Å². The minimum Gasteiger partial charge on any atom is -0.480 e. The van der Waals surface area contributed by atoms with Gasteiger partial charge in [-0.1, -0.05) is 18.2 Å². The van der Waals surface area contributed by atoms with E-state index in [0.29, 0.717) is 22.9 Å². The van der Waals surface area contributed by atoms with Crippen molar-refractivity contribution in [1.29, 1.82) is 0 Å². The molecule has 6 heteroatoms. The summed E-state index contributed by atoms with van der Waals surface area (Å²) in [5.41, 5.74) is 1.46. The zero-order chi connectivity index (χ0) is 14.8. The largest absolute Gasteiger partial charge is 0.480 e. The van der Waals surface area contributed by atoms with E-state index in [0.717, 1.165) is 5.56 Å². The monoisotopic (exact) mass is 283 g/mol. The Morgan fingerprint density at radius 2 is 2.10 bits per heavy atom. The molecule has 0 spiro atoms. The van der Waals surface area contributed by atoms with Gasteiger partial charge in [0.2, 0.25) is 0 Å². The van der Waals surface area contributed by atoms with E-state index in [-0.39, 0.29) is 18.4 Å². The first-order chi connectivity index (χ1) is 10.1. The van der Waals surface area contributed by atoms with E-state index in [1.807, 2.05) is 19.1 Å². The van der Waals surface area contributed by atoms with Gasteiger partial charge in [-0.25, -0.2) is 4.98 Å². The summed E-state index contributed by atoms with van der Waals surface area (Å²) in [6.45, 7) is 1.84. The zero-order valence-corrected chi connectivity index (χ0v) is 11.3. The number of nitrogens with one attached hydrogen (secondary N) is 2. The Morgan fingerprint density at radius 1 is 1.29 bits per heavy atom. The van der Waals surface area contributed by atoms with Crippen molar-refractivity contribution in [3.05, 3.63) is 47.5 Å². The van der Waals surface area contributed by atoms with Crippen LogP contribution in [0.5, 0.6) is 5.75 Å². The first-order valence-electron chi connectivity index (χ1n) is 6.44. The molecule has 1 aliphatic rings. The minimum absolute atomic E-state index is 0.0242. The summed E-state index contributed by atoms with van der Waals surface area (Å²) < 4.78 is 5.21. The molecule has 2 N–H and O–H groups in total. The van der Waals surface area contributed by atoms with E-state index < -0.39 is 0 Å². The van der Waals surface area contributed by atoms with Gasteiger partial charge >= 0.3 is 0 Å². The SMILES string of the molecule is Cc1ccccc1C(=O)Nc1ccc2c(n1)NC(=O)CO2. The van der Waals surface area contributed by atoms with Crippen molar-refractivity contribution in [2.24, 2.45) is 0 Å². The van der Waals surface area contributed by atoms with Gasteiger partial charge in [-0.15, -0.1) is 0 Å². The second-order valence-corrected chi connectivity index (χ2v) is 4.65. The number of benzene rings is 1. The summed E-state index contributed by atoms with van der Waals surface area (Å²) >= 11 is 0. The molecule has 0 bridgehead atoms. The van der Waals surface area contributed by atoms with Crippen molar-refractivity contribution < 1.29 is 14.3 Å². The first kappa shape index (κ1) is 13.1. The number of pyridine rings is 1. The summed E-state index contributed by atoms with van der Waals surface area (Å²) in [6, 6.07) is 10.6. The standard InChI is InChI=1S/C15H13N3O3/c1-9-4-2-3-5-10(9)15(20)17-12-7-6-11-14(16-12)18-13(19)8-21-11/h2-7H,8H2,1H3,(H2,16,17,18,19,20). The zero-order valence-electron chi connectivity index (χ0n) is 11.3. The average Bonchev–Trinajstić information content (AvgIpc) is 2.47. The lowest BCUT2D eigenvalue weighted by Crippen LogP contribution is -2.26. The molecule has 2 amide bonds. The third-order valence-electron chi connectivity index (χ3n) is 3.11. The molecule has 2 aromatic rings. The molecule has 0 aliphatic carbocycles. The smallest absolute Gasteiger partial charge is 0.263 e. The summed E-state index contributed by atoms with van der Waals surface area (Å²) in [7, 11) is 0. The number of aromatic nitrogens is 1. The van der Waals surface area contributed by atoms with Gasteiger partial charge < -0.3 is 15.4 Å². The van der Waals surface area contributed by atoms with Gasteiger partial charge in [-0.2, -0.15) is 0 Å². The fourth-order valence-electron chi connectivity index (χ4n) is 2.04. The predicted molar refractivity (Wildman–Crippen MR) is 77.5 cm³/mol. The van der Waals surface area contributed by atoms with Crippen LogP contribution in [-0.2, 0) is 4.79 Å². The molecule has 106 valence electrons. The Morgan fingerprint density at radius 3 is 2.90 bits per heavy atom. The highest BCUT2D eigenvalue weighted by Gasteiger charge is 2.18. The van der Waals surface area contributed by atoms with Crippen LogP contribution in [0.2, 0.25) is 0 Å². The summed E-state index contributed by atoms with van der Waals surface area (Å²) in [4.78, 5) is 27.6. The molecule has 2 heterocycles. The molecular formula is C15H13N3O3. The lowest BCUT2D eigenvalue weighted by molar-refractivity contribution is -0.118. The highest BCUT2D eigenvalue weighted by molar-refractivity contribution is 6.05. The second kappa shape index (κ2) is 5.24. The number of carbonyl (C=O) groups is 2. The van der Waals surface area contributed by atoms with Gasteiger partial charge in [0.25, 0.3) is 11.8 Å². The Hall–Kier alpha value is -2.89. The number of fused-ring (bicyclic) bond motifs is 1. The highest BCUT2D eigenvalue weighted by Crippen LogP contribution is 2.27. The average molecular weight is 283 g/mol.